The maximum Gasteiger partial charge on any atom is 0.0940 e. The van der Waals surface area contributed by atoms with E-state index in [1.165, 1.54) is 5.56 Å². The maximum atomic E-state index is 10.5. The van der Waals surface area contributed by atoms with Crippen LogP contribution >= 0.6 is 22.9 Å². The molecule has 2 heterocycles. The number of nitrogens with zero attached hydrogens (tertiary/aromatic N) is 2. The van der Waals surface area contributed by atoms with Crippen LogP contribution in [0.4, 0.5) is 0 Å². The molecule has 0 spiro atoms. The monoisotopic (exact) mass is 312 g/mol. The van der Waals surface area contributed by atoms with E-state index in [0.29, 0.717) is 11.4 Å². The zero-order valence-electron chi connectivity index (χ0n) is 12.2. The highest BCUT2D eigenvalue weighted by molar-refractivity contribution is 7.10. The average molecular weight is 313 g/mol. The lowest BCUT2D eigenvalue weighted by molar-refractivity contribution is 0.178. The predicted octanol–water partition coefficient (Wildman–Crippen LogP) is 4.02. The van der Waals surface area contributed by atoms with Crippen molar-refractivity contribution in [3.05, 3.63) is 38.3 Å². The fourth-order valence-electron chi connectivity index (χ4n) is 2.42. The number of aromatic nitrogens is 2. The van der Waals surface area contributed by atoms with Gasteiger partial charge in [-0.25, -0.2) is 0 Å². The summed E-state index contributed by atoms with van der Waals surface area (Å²) in [5.41, 5.74) is 3.07. The Bertz CT molecular complexity index is 576. The van der Waals surface area contributed by atoms with Crippen molar-refractivity contribution in [3.8, 4) is 0 Å². The molecule has 1 unspecified atom stereocenters. The molecule has 1 atom stereocenters. The van der Waals surface area contributed by atoms with Crippen LogP contribution in [0.3, 0.4) is 0 Å². The molecule has 0 aliphatic carbocycles. The molecule has 3 nitrogen and oxygen atoms in total. The summed E-state index contributed by atoms with van der Waals surface area (Å²) in [6, 6.07) is 2.08. The molecular formula is C15H21ClN2OS. The molecule has 0 fully saturated rings. The van der Waals surface area contributed by atoms with E-state index in [1.54, 1.807) is 11.3 Å². The first-order valence-corrected chi connectivity index (χ1v) is 8.36. The Kier molecular flexibility index (Phi) is 5.24. The zero-order chi connectivity index (χ0) is 14.7. The highest BCUT2D eigenvalue weighted by Gasteiger charge is 2.20. The summed E-state index contributed by atoms with van der Waals surface area (Å²) in [4.78, 5) is 1.05. The largest absolute Gasteiger partial charge is 0.387 e. The Labute approximate surface area is 129 Å². The molecule has 0 radical (unpaired) electrons. The lowest BCUT2D eigenvalue weighted by atomic mass is 10.1. The summed E-state index contributed by atoms with van der Waals surface area (Å²) >= 11 is 8.01. The van der Waals surface area contributed by atoms with Crippen LogP contribution < -0.4 is 0 Å². The van der Waals surface area contributed by atoms with Crippen LogP contribution in [0.5, 0.6) is 0 Å². The van der Waals surface area contributed by atoms with Crippen molar-refractivity contribution in [2.24, 2.45) is 0 Å². The van der Waals surface area contributed by atoms with Gasteiger partial charge in [-0.3, -0.25) is 4.68 Å². The van der Waals surface area contributed by atoms with Crippen LogP contribution in [0.1, 0.15) is 48.7 Å². The molecule has 110 valence electrons. The minimum Gasteiger partial charge on any atom is -0.387 e. The minimum atomic E-state index is -0.505. The fourth-order valence-corrected chi connectivity index (χ4v) is 3.75. The van der Waals surface area contributed by atoms with Crippen LogP contribution in [-0.2, 0) is 25.8 Å². The minimum absolute atomic E-state index is 0.505. The van der Waals surface area contributed by atoms with Crippen LogP contribution in [0.25, 0.3) is 0 Å². The van der Waals surface area contributed by atoms with Crippen LogP contribution in [0.2, 0.25) is 5.02 Å². The molecule has 2 rings (SSSR count). The third kappa shape index (κ3) is 2.92. The van der Waals surface area contributed by atoms with Crippen molar-refractivity contribution in [1.29, 1.82) is 0 Å². The first-order valence-electron chi connectivity index (χ1n) is 7.10. The van der Waals surface area contributed by atoms with Gasteiger partial charge in [-0.2, -0.15) is 5.10 Å². The van der Waals surface area contributed by atoms with Gasteiger partial charge in [0.2, 0.25) is 0 Å². The molecule has 1 N–H and O–H groups in total. The number of rotatable bonds is 6. The van der Waals surface area contributed by atoms with Gasteiger partial charge in [0, 0.05) is 17.8 Å². The van der Waals surface area contributed by atoms with Gasteiger partial charge in [0.25, 0.3) is 0 Å². The zero-order valence-corrected chi connectivity index (χ0v) is 13.8. The van der Waals surface area contributed by atoms with E-state index in [2.05, 4.69) is 18.1 Å². The van der Waals surface area contributed by atoms with Crippen molar-refractivity contribution >= 4 is 22.9 Å². The molecule has 2 aromatic heterocycles. The molecule has 0 aliphatic heterocycles. The van der Waals surface area contributed by atoms with Crippen molar-refractivity contribution in [2.45, 2.75) is 52.7 Å². The summed E-state index contributed by atoms with van der Waals surface area (Å²) in [6.45, 7) is 6.97. The first-order chi connectivity index (χ1) is 9.62. The first kappa shape index (κ1) is 15.5. The molecule has 0 aromatic carbocycles. The second kappa shape index (κ2) is 6.74. The van der Waals surface area contributed by atoms with E-state index in [9.17, 15) is 5.11 Å². The van der Waals surface area contributed by atoms with Crippen LogP contribution in [0.15, 0.2) is 11.4 Å². The fraction of sp³-hybridized carbons (Fsp3) is 0.533. The number of hydrogen-bond acceptors (Lipinski definition) is 3. The van der Waals surface area contributed by atoms with Crippen LogP contribution in [0, 0.1) is 0 Å². The van der Waals surface area contributed by atoms with Gasteiger partial charge in [-0.1, -0.05) is 25.4 Å². The second-order valence-corrected chi connectivity index (χ2v) is 6.09. The molecular weight excluding hydrogens is 292 g/mol. The second-order valence-electron chi connectivity index (χ2n) is 4.76. The van der Waals surface area contributed by atoms with E-state index < -0.39 is 6.10 Å². The van der Waals surface area contributed by atoms with E-state index in [-0.39, 0.29) is 0 Å². The third-order valence-corrected chi connectivity index (χ3v) is 5.04. The van der Waals surface area contributed by atoms with Gasteiger partial charge < -0.3 is 5.11 Å². The number of aliphatic hydroxyl groups excluding tert-OH is 1. The SMILES string of the molecule is CCc1ccsc1C(O)Cc1c(Cl)c(CC)nn1CC. The van der Waals surface area contributed by atoms with Gasteiger partial charge in [0.05, 0.1) is 22.5 Å². The number of hydrogen-bond donors (Lipinski definition) is 1. The number of aliphatic hydroxyl groups is 1. The lowest BCUT2D eigenvalue weighted by Gasteiger charge is -2.12. The lowest BCUT2D eigenvalue weighted by Crippen LogP contribution is -2.09. The normalized spacial score (nSPS) is 12.8. The summed E-state index contributed by atoms with van der Waals surface area (Å²) in [6.07, 6.45) is 1.77. The Balaban J connectivity index is 2.27. The predicted molar refractivity (Wildman–Crippen MR) is 84.6 cm³/mol. The summed E-state index contributed by atoms with van der Waals surface area (Å²) in [5.74, 6) is 0. The smallest absolute Gasteiger partial charge is 0.0940 e. The quantitative estimate of drug-likeness (QED) is 0.875. The highest BCUT2D eigenvalue weighted by atomic mass is 35.5. The average Bonchev–Trinajstić information content (AvgIpc) is 3.04. The van der Waals surface area contributed by atoms with E-state index >= 15 is 0 Å². The number of aryl methyl sites for hydroxylation is 3. The van der Waals surface area contributed by atoms with Gasteiger partial charge in [0.15, 0.2) is 0 Å². The van der Waals surface area contributed by atoms with Crippen molar-refractivity contribution in [2.75, 3.05) is 0 Å². The summed E-state index contributed by atoms with van der Waals surface area (Å²) in [5, 5.41) is 17.8. The van der Waals surface area contributed by atoms with Crippen molar-refractivity contribution < 1.29 is 5.11 Å². The molecule has 2 aromatic rings. The van der Waals surface area contributed by atoms with Crippen molar-refractivity contribution in [3.63, 3.8) is 0 Å². The molecule has 20 heavy (non-hydrogen) atoms. The third-order valence-electron chi connectivity index (χ3n) is 3.55. The molecule has 5 heteroatoms. The van der Waals surface area contributed by atoms with Gasteiger partial charge in [0.1, 0.15) is 0 Å². The summed E-state index contributed by atoms with van der Waals surface area (Å²) in [7, 11) is 0. The van der Waals surface area contributed by atoms with E-state index in [4.69, 9.17) is 11.6 Å². The Morgan fingerprint density at radius 1 is 1.35 bits per heavy atom. The number of halogens is 1. The van der Waals surface area contributed by atoms with Gasteiger partial charge in [-0.15, -0.1) is 11.3 Å². The molecule has 0 saturated carbocycles. The maximum absolute atomic E-state index is 10.5. The topological polar surface area (TPSA) is 38.1 Å². The van der Waals surface area contributed by atoms with E-state index in [1.807, 2.05) is 23.9 Å². The molecule has 0 amide bonds. The highest BCUT2D eigenvalue weighted by Crippen LogP contribution is 2.31. The van der Waals surface area contributed by atoms with E-state index in [0.717, 1.165) is 35.7 Å². The van der Waals surface area contributed by atoms with Gasteiger partial charge in [-0.05, 0) is 36.8 Å². The molecule has 0 aliphatic rings. The molecule has 0 saturated heterocycles. The van der Waals surface area contributed by atoms with Gasteiger partial charge >= 0.3 is 0 Å². The Morgan fingerprint density at radius 2 is 2.10 bits per heavy atom. The Hall–Kier alpha value is -0.840. The standard InChI is InChI=1S/C15H21ClN2OS/c1-4-10-7-8-20-15(10)13(19)9-12-14(16)11(5-2)17-18(12)6-3/h7-8,13,19H,4-6,9H2,1-3H3. The van der Waals surface area contributed by atoms with Crippen molar-refractivity contribution in [1.82, 2.24) is 9.78 Å². The van der Waals surface area contributed by atoms with Crippen LogP contribution in [-0.4, -0.2) is 14.9 Å². The molecule has 0 bridgehead atoms. The number of thiophene rings is 1. The summed E-state index contributed by atoms with van der Waals surface area (Å²) < 4.78 is 1.91. The Morgan fingerprint density at radius 3 is 2.70 bits per heavy atom.